The van der Waals surface area contributed by atoms with Gasteiger partial charge in [0, 0.05) is 6.54 Å². The number of hydrogen-bond donors (Lipinski definition) is 7. The lowest BCUT2D eigenvalue weighted by Crippen LogP contribution is -2.56. The van der Waals surface area contributed by atoms with Crippen LogP contribution in [-0.4, -0.2) is 104 Å². The van der Waals surface area contributed by atoms with E-state index < -0.39 is 94.3 Å². The number of carbonyl (C=O) groups is 5. The zero-order valence-corrected chi connectivity index (χ0v) is 32.3. The second-order valence-corrected chi connectivity index (χ2v) is 15.9. The average molecular weight is 758 g/mol. The number of methoxy groups -OCH3 is 1. The van der Waals surface area contributed by atoms with E-state index in [9.17, 15) is 42.6 Å². The van der Waals surface area contributed by atoms with Crippen LogP contribution in [0.25, 0.3) is 0 Å². The van der Waals surface area contributed by atoms with Crippen LogP contribution in [0.3, 0.4) is 0 Å². The normalized spacial score (nSPS) is 15.2. The lowest BCUT2D eigenvalue weighted by atomic mass is 9.95. The molecule has 52 heavy (non-hydrogen) atoms. The average Bonchev–Trinajstić information content (AvgIpc) is 3.05. The van der Waals surface area contributed by atoms with Gasteiger partial charge in [-0.2, -0.15) is 0 Å². The smallest absolute Gasteiger partial charge is 0.407 e. The molecule has 1 rings (SSSR count). The lowest BCUT2D eigenvalue weighted by Gasteiger charge is -2.29. The molecule has 1 aromatic rings. The summed E-state index contributed by atoms with van der Waals surface area (Å²) in [6, 6.07) is 4.91. The first-order chi connectivity index (χ1) is 24.2. The number of carbonyl (C=O) groups excluding carboxylic acids is 5. The first-order valence-corrected chi connectivity index (χ1v) is 19.2. The Morgan fingerprint density at radius 1 is 0.769 bits per heavy atom. The molecule has 0 radical (unpaired) electrons. The number of alkyl carbamates (subject to hydrolysis) is 1. The van der Waals surface area contributed by atoms with Gasteiger partial charge in [0.2, 0.25) is 27.7 Å². The fourth-order valence-corrected chi connectivity index (χ4v) is 6.38. The third-order valence-electron chi connectivity index (χ3n) is 7.91. The van der Waals surface area contributed by atoms with E-state index in [0.717, 1.165) is 5.56 Å². The van der Waals surface area contributed by atoms with Gasteiger partial charge >= 0.3 is 12.1 Å². The van der Waals surface area contributed by atoms with Gasteiger partial charge < -0.3 is 41.0 Å². The lowest BCUT2D eigenvalue weighted by molar-refractivity contribution is -0.143. The van der Waals surface area contributed by atoms with E-state index in [1.54, 1.807) is 38.1 Å². The Hall–Kier alpha value is -3.80. The van der Waals surface area contributed by atoms with Gasteiger partial charge in [0.05, 0.1) is 50.0 Å². The van der Waals surface area contributed by atoms with E-state index in [4.69, 9.17) is 4.74 Å². The summed E-state index contributed by atoms with van der Waals surface area (Å²) in [6.45, 7) is 11.9. The van der Waals surface area contributed by atoms with E-state index in [1.807, 2.05) is 33.8 Å². The monoisotopic (exact) mass is 757 g/mol. The Balaban J connectivity index is 2.81. The molecule has 0 aromatic heterocycles. The highest BCUT2D eigenvalue weighted by Crippen LogP contribution is 2.15. The molecule has 0 heterocycles. The molecule has 6 atom stereocenters. The van der Waals surface area contributed by atoms with Crippen LogP contribution < -0.4 is 26.0 Å². The number of rotatable bonds is 23. The second kappa shape index (κ2) is 23.0. The van der Waals surface area contributed by atoms with Crippen molar-refractivity contribution in [3.8, 4) is 0 Å². The molecule has 2 unspecified atom stereocenters. The number of nitrogens with one attached hydrogen (secondary N) is 5. The number of esters is 1. The summed E-state index contributed by atoms with van der Waals surface area (Å²) in [6.07, 6.45) is -3.62. The van der Waals surface area contributed by atoms with Gasteiger partial charge in [-0.05, 0) is 43.1 Å². The molecule has 0 spiro atoms. The minimum Gasteiger partial charge on any atom is -0.469 e. The van der Waals surface area contributed by atoms with Crippen LogP contribution in [0.15, 0.2) is 30.3 Å². The third kappa shape index (κ3) is 18.6. The maximum Gasteiger partial charge on any atom is 0.407 e. The number of hydrogen-bond acceptors (Lipinski definition) is 11. The zero-order chi connectivity index (χ0) is 39.6. The molecule has 7 N–H and O–H groups in total. The van der Waals surface area contributed by atoms with Crippen molar-refractivity contribution in [3.63, 3.8) is 0 Å². The van der Waals surface area contributed by atoms with Crippen molar-refractivity contribution in [2.24, 2.45) is 17.8 Å². The molecule has 0 fully saturated rings. The molecule has 0 saturated heterocycles. The minimum absolute atomic E-state index is 0.0102. The van der Waals surface area contributed by atoms with Crippen molar-refractivity contribution in [2.45, 2.75) is 117 Å². The van der Waals surface area contributed by atoms with E-state index >= 15 is 0 Å². The summed E-state index contributed by atoms with van der Waals surface area (Å²) in [5, 5.41) is 31.8. The maximum atomic E-state index is 13.4. The summed E-state index contributed by atoms with van der Waals surface area (Å²) in [5.74, 6) is -3.68. The number of benzene rings is 1. The standard InChI is InChI=1S/C35H59N5O11S/c1-21(2)16-26(28(41)18-30(43)37-24(7)33(45)38-27(17-22(3)4)29(42)19-31(44)50-8)39-34(46)32(23(5)6)40-52(48,49)15-14-36-35(47)51-20-25-12-10-9-11-13-25/h9-13,21-24,26-29,32,40-42H,14-20H2,1-8H3,(H,36,47)(H,37,43)(H,38,45)(H,39,46)/t24-,26-,27-,28?,29?,32-/m0/s1. The molecule has 0 aliphatic rings. The Kier molecular flexibility index (Phi) is 20.4. The zero-order valence-electron chi connectivity index (χ0n) is 31.5. The summed E-state index contributed by atoms with van der Waals surface area (Å²) in [5.41, 5.74) is 0.762. The van der Waals surface area contributed by atoms with E-state index in [0.29, 0.717) is 6.42 Å². The van der Waals surface area contributed by atoms with Crippen molar-refractivity contribution in [3.05, 3.63) is 35.9 Å². The van der Waals surface area contributed by atoms with Crippen LogP contribution in [0.4, 0.5) is 4.79 Å². The largest absolute Gasteiger partial charge is 0.469 e. The number of ether oxygens (including phenoxy) is 2. The van der Waals surface area contributed by atoms with Crippen LogP contribution in [-0.2, 0) is 45.3 Å². The summed E-state index contributed by atoms with van der Waals surface area (Å²) in [7, 11) is -2.88. The predicted octanol–water partition coefficient (Wildman–Crippen LogP) is 1.10. The fourth-order valence-electron chi connectivity index (χ4n) is 5.12. The Labute approximate surface area is 307 Å². The number of amides is 4. The Morgan fingerprint density at radius 3 is 1.83 bits per heavy atom. The van der Waals surface area contributed by atoms with Gasteiger partial charge in [-0.25, -0.2) is 17.9 Å². The SMILES string of the molecule is COC(=O)CC(O)[C@H](CC(C)C)NC(=O)[C@H](C)NC(=O)CC(O)[C@H](CC(C)C)NC(=O)[C@@H](NS(=O)(=O)CCNC(=O)OCc1ccccc1)C(C)C. The van der Waals surface area contributed by atoms with E-state index in [1.165, 1.54) is 14.0 Å². The molecule has 4 amide bonds. The van der Waals surface area contributed by atoms with Crippen molar-refractivity contribution < 1.29 is 52.1 Å². The molecular formula is C35H59N5O11S. The summed E-state index contributed by atoms with van der Waals surface area (Å²) in [4.78, 5) is 62.9. The van der Waals surface area contributed by atoms with Crippen molar-refractivity contribution >= 4 is 39.8 Å². The molecule has 17 heteroatoms. The van der Waals surface area contributed by atoms with Crippen molar-refractivity contribution in [2.75, 3.05) is 19.4 Å². The first kappa shape index (κ1) is 46.2. The summed E-state index contributed by atoms with van der Waals surface area (Å²) >= 11 is 0. The highest BCUT2D eigenvalue weighted by atomic mass is 32.2. The number of aliphatic hydroxyl groups is 2. The van der Waals surface area contributed by atoms with Crippen molar-refractivity contribution in [1.29, 1.82) is 0 Å². The van der Waals surface area contributed by atoms with Gasteiger partial charge in [0.15, 0.2) is 0 Å². The highest BCUT2D eigenvalue weighted by molar-refractivity contribution is 7.89. The van der Waals surface area contributed by atoms with Crippen LogP contribution >= 0.6 is 0 Å². The molecule has 0 bridgehead atoms. The van der Waals surface area contributed by atoms with Gasteiger partial charge in [0.1, 0.15) is 18.7 Å². The van der Waals surface area contributed by atoms with Gasteiger partial charge in [-0.3, -0.25) is 19.2 Å². The maximum absolute atomic E-state index is 13.4. The predicted molar refractivity (Wildman–Crippen MR) is 194 cm³/mol. The topological polar surface area (TPSA) is 239 Å². The van der Waals surface area contributed by atoms with Gasteiger partial charge in [-0.1, -0.05) is 71.9 Å². The number of sulfonamides is 1. The Bertz CT molecular complexity index is 1390. The van der Waals surface area contributed by atoms with Crippen LogP contribution in [0, 0.1) is 17.8 Å². The molecule has 296 valence electrons. The fraction of sp³-hybridized carbons (Fsp3) is 0.686. The highest BCUT2D eigenvalue weighted by Gasteiger charge is 2.33. The van der Waals surface area contributed by atoms with Crippen LogP contribution in [0.1, 0.15) is 79.7 Å². The Morgan fingerprint density at radius 2 is 1.31 bits per heavy atom. The molecular weight excluding hydrogens is 698 g/mol. The minimum atomic E-state index is -4.07. The quantitative estimate of drug-likeness (QED) is 0.0781. The molecule has 0 aliphatic heterocycles. The number of aliphatic hydroxyl groups excluding tert-OH is 2. The third-order valence-corrected chi connectivity index (χ3v) is 9.27. The van der Waals surface area contributed by atoms with Gasteiger partial charge in [0.25, 0.3) is 0 Å². The van der Waals surface area contributed by atoms with Gasteiger partial charge in [-0.15, -0.1) is 0 Å². The van der Waals surface area contributed by atoms with E-state index in [-0.39, 0.29) is 37.8 Å². The first-order valence-electron chi connectivity index (χ1n) is 17.5. The second-order valence-electron chi connectivity index (χ2n) is 14.0. The molecule has 0 aliphatic carbocycles. The van der Waals surface area contributed by atoms with Crippen molar-refractivity contribution in [1.82, 2.24) is 26.0 Å². The van der Waals surface area contributed by atoms with E-state index in [2.05, 4.69) is 30.7 Å². The molecule has 1 aromatic carbocycles. The molecule has 0 saturated carbocycles. The molecule has 16 nitrogen and oxygen atoms in total. The van der Waals surface area contributed by atoms with Crippen LogP contribution in [0.2, 0.25) is 0 Å². The summed E-state index contributed by atoms with van der Waals surface area (Å²) < 4.78 is 37.8. The van der Waals surface area contributed by atoms with Crippen LogP contribution in [0.5, 0.6) is 0 Å².